The van der Waals surface area contributed by atoms with Gasteiger partial charge in [0.25, 0.3) is 0 Å². The molecular weight excluding hydrogens is 248 g/mol. The van der Waals surface area contributed by atoms with Crippen LogP contribution in [0.15, 0.2) is 5.38 Å². The standard InChI is InChI=1S/C13H20N2O2S/c1-9-3-2-6-13(14,7-9)12-15-10(8-18-12)4-5-11(16)17/h8-9H,2-7,14H2,1H3,(H,16,17). The second-order valence-corrected chi connectivity index (χ2v) is 6.25. The lowest BCUT2D eigenvalue weighted by Gasteiger charge is -2.35. The van der Waals surface area contributed by atoms with E-state index in [0.717, 1.165) is 30.0 Å². The molecule has 0 saturated heterocycles. The Balaban J connectivity index is 2.06. The van der Waals surface area contributed by atoms with E-state index in [2.05, 4.69) is 11.9 Å². The second-order valence-electron chi connectivity index (χ2n) is 5.40. The van der Waals surface area contributed by atoms with E-state index < -0.39 is 5.97 Å². The second kappa shape index (κ2) is 5.36. The zero-order chi connectivity index (χ0) is 13.2. The molecule has 2 rings (SSSR count). The number of carboxylic acids is 1. The van der Waals surface area contributed by atoms with Gasteiger partial charge in [-0.15, -0.1) is 11.3 Å². The third kappa shape index (κ3) is 3.09. The Morgan fingerprint density at radius 3 is 3.17 bits per heavy atom. The Morgan fingerprint density at radius 1 is 1.72 bits per heavy atom. The molecule has 5 heteroatoms. The molecule has 2 unspecified atom stereocenters. The van der Waals surface area contributed by atoms with E-state index in [-0.39, 0.29) is 12.0 Å². The van der Waals surface area contributed by atoms with Crippen LogP contribution >= 0.6 is 11.3 Å². The SMILES string of the molecule is CC1CCCC(N)(c2nc(CCC(=O)O)cs2)C1. The fourth-order valence-corrected chi connectivity index (χ4v) is 3.68. The van der Waals surface area contributed by atoms with E-state index in [1.807, 2.05) is 5.38 Å². The number of aliphatic carboxylic acids is 1. The van der Waals surface area contributed by atoms with Crippen molar-refractivity contribution in [3.63, 3.8) is 0 Å². The van der Waals surface area contributed by atoms with E-state index >= 15 is 0 Å². The van der Waals surface area contributed by atoms with Crippen molar-refractivity contribution in [3.05, 3.63) is 16.1 Å². The summed E-state index contributed by atoms with van der Waals surface area (Å²) >= 11 is 1.58. The quantitative estimate of drug-likeness (QED) is 0.879. The smallest absolute Gasteiger partial charge is 0.303 e. The van der Waals surface area contributed by atoms with Crippen LogP contribution in [0.2, 0.25) is 0 Å². The van der Waals surface area contributed by atoms with Crippen LogP contribution in [0.25, 0.3) is 0 Å². The lowest BCUT2D eigenvalue weighted by atomic mass is 9.77. The van der Waals surface area contributed by atoms with Gasteiger partial charge in [-0.2, -0.15) is 0 Å². The summed E-state index contributed by atoms with van der Waals surface area (Å²) in [5.41, 5.74) is 7.05. The number of nitrogens with zero attached hydrogens (tertiary/aromatic N) is 1. The van der Waals surface area contributed by atoms with Crippen LogP contribution in [0.4, 0.5) is 0 Å². The van der Waals surface area contributed by atoms with Crippen molar-refractivity contribution in [3.8, 4) is 0 Å². The molecule has 1 aromatic rings. The van der Waals surface area contributed by atoms with Crippen molar-refractivity contribution < 1.29 is 9.90 Å². The molecule has 0 amide bonds. The van der Waals surface area contributed by atoms with Gasteiger partial charge in [0.05, 0.1) is 17.7 Å². The first kappa shape index (κ1) is 13.5. The number of hydrogen-bond donors (Lipinski definition) is 2. The number of thiazole rings is 1. The van der Waals surface area contributed by atoms with Crippen LogP contribution in [-0.2, 0) is 16.8 Å². The van der Waals surface area contributed by atoms with Gasteiger partial charge in [-0.1, -0.05) is 19.8 Å². The summed E-state index contributed by atoms with van der Waals surface area (Å²) in [6.07, 6.45) is 5.01. The molecule has 18 heavy (non-hydrogen) atoms. The van der Waals surface area contributed by atoms with Gasteiger partial charge in [-0.25, -0.2) is 4.98 Å². The zero-order valence-corrected chi connectivity index (χ0v) is 11.5. The third-order valence-electron chi connectivity index (χ3n) is 3.61. The monoisotopic (exact) mass is 268 g/mol. The first-order chi connectivity index (χ1) is 8.49. The molecule has 1 aliphatic rings. The molecule has 1 aliphatic carbocycles. The Bertz CT molecular complexity index is 432. The molecule has 2 atom stereocenters. The lowest BCUT2D eigenvalue weighted by molar-refractivity contribution is -0.136. The molecule has 0 spiro atoms. The fraction of sp³-hybridized carbons (Fsp3) is 0.692. The van der Waals surface area contributed by atoms with E-state index in [9.17, 15) is 4.79 Å². The summed E-state index contributed by atoms with van der Waals surface area (Å²) in [4.78, 5) is 15.1. The summed E-state index contributed by atoms with van der Waals surface area (Å²) in [6, 6.07) is 0. The molecule has 1 fully saturated rings. The Morgan fingerprint density at radius 2 is 2.50 bits per heavy atom. The topological polar surface area (TPSA) is 76.2 Å². The first-order valence-electron chi connectivity index (χ1n) is 6.45. The molecule has 3 N–H and O–H groups in total. The average Bonchev–Trinajstić information content (AvgIpc) is 2.75. The predicted molar refractivity (Wildman–Crippen MR) is 71.6 cm³/mol. The molecule has 0 aliphatic heterocycles. The molecule has 4 nitrogen and oxygen atoms in total. The van der Waals surface area contributed by atoms with Crippen LogP contribution in [0.3, 0.4) is 0 Å². The summed E-state index contributed by atoms with van der Waals surface area (Å²) in [5.74, 6) is -0.131. The van der Waals surface area contributed by atoms with E-state index in [1.165, 1.54) is 6.42 Å². The maximum absolute atomic E-state index is 10.5. The van der Waals surface area contributed by atoms with Crippen LogP contribution in [0, 0.1) is 5.92 Å². The van der Waals surface area contributed by atoms with E-state index in [1.54, 1.807) is 11.3 Å². The average molecular weight is 268 g/mol. The van der Waals surface area contributed by atoms with Gasteiger partial charge in [-0.3, -0.25) is 4.79 Å². The number of nitrogens with two attached hydrogens (primary N) is 1. The lowest BCUT2D eigenvalue weighted by Crippen LogP contribution is -2.40. The van der Waals surface area contributed by atoms with Gasteiger partial charge in [0.2, 0.25) is 0 Å². The highest BCUT2D eigenvalue weighted by atomic mass is 32.1. The third-order valence-corrected chi connectivity index (χ3v) is 4.72. The predicted octanol–water partition coefficient (Wildman–Crippen LogP) is 2.52. The maximum Gasteiger partial charge on any atom is 0.303 e. The van der Waals surface area contributed by atoms with Gasteiger partial charge in [0.15, 0.2) is 0 Å². The van der Waals surface area contributed by atoms with Crippen molar-refractivity contribution >= 4 is 17.3 Å². The van der Waals surface area contributed by atoms with Crippen molar-refractivity contribution in [2.24, 2.45) is 11.7 Å². The van der Waals surface area contributed by atoms with Gasteiger partial charge < -0.3 is 10.8 Å². The largest absolute Gasteiger partial charge is 0.481 e. The minimum atomic E-state index is -0.779. The molecule has 1 saturated carbocycles. The minimum absolute atomic E-state index is 0.136. The number of carboxylic acid groups (broad SMARTS) is 1. The number of aryl methyl sites for hydroxylation is 1. The highest BCUT2D eigenvalue weighted by Crippen LogP contribution is 2.38. The number of carbonyl (C=O) groups is 1. The minimum Gasteiger partial charge on any atom is -0.481 e. The normalized spacial score (nSPS) is 28.2. The molecule has 0 aromatic carbocycles. The fourth-order valence-electron chi connectivity index (χ4n) is 2.67. The van der Waals surface area contributed by atoms with Crippen molar-refractivity contribution in [2.75, 3.05) is 0 Å². The molecule has 0 bridgehead atoms. The van der Waals surface area contributed by atoms with E-state index in [4.69, 9.17) is 10.8 Å². The molecule has 1 heterocycles. The highest BCUT2D eigenvalue weighted by molar-refractivity contribution is 7.09. The maximum atomic E-state index is 10.5. The summed E-state index contributed by atoms with van der Waals surface area (Å²) in [6.45, 7) is 2.24. The highest BCUT2D eigenvalue weighted by Gasteiger charge is 2.35. The molecular formula is C13H20N2O2S. The Kier molecular flexibility index (Phi) is 4.02. The summed E-state index contributed by atoms with van der Waals surface area (Å²) < 4.78 is 0. The van der Waals surface area contributed by atoms with Crippen molar-refractivity contribution in [1.82, 2.24) is 4.98 Å². The number of rotatable bonds is 4. The number of hydrogen-bond acceptors (Lipinski definition) is 4. The molecule has 100 valence electrons. The summed E-state index contributed by atoms with van der Waals surface area (Å²) in [5, 5.41) is 11.6. The van der Waals surface area contributed by atoms with Gasteiger partial charge in [0, 0.05) is 11.8 Å². The van der Waals surface area contributed by atoms with Crippen molar-refractivity contribution in [2.45, 2.75) is 51.0 Å². The van der Waals surface area contributed by atoms with Gasteiger partial charge in [-0.05, 0) is 18.8 Å². The van der Waals surface area contributed by atoms with Crippen molar-refractivity contribution in [1.29, 1.82) is 0 Å². The Hall–Kier alpha value is -0.940. The van der Waals surface area contributed by atoms with Crippen LogP contribution in [-0.4, -0.2) is 16.1 Å². The number of aromatic nitrogens is 1. The van der Waals surface area contributed by atoms with E-state index in [0.29, 0.717) is 12.3 Å². The van der Waals surface area contributed by atoms with Crippen LogP contribution < -0.4 is 5.73 Å². The van der Waals surface area contributed by atoms with Crippen LogP contribution in [0.5, 0.6) is 0 Å². The molecule has 1 aromatic heterocycles. The zero-order valence-electron chi connectivity index (χ0n) is 10.7. The Labute approximate surface area is 111 Å². The van der Waals surface area contributed by atoms with Gasteiger partial charge in [0.1, 0.15) is 5.01 Å². The molecule has 0 radical (unpaired) electrons. The first-order valence-corrected chi connectivity index (χ1v) is 7.33. The van der Waals surface area contributed by atoms with Gasteiger partial charge >= 0.3 is 5.97 Å². The van der Waals surface area contributed by atoms with Crippen LogP contribution in [0.1, 0.15) is 49.7 Å². The summed E-state index contributed by atoms with van der Waals surface area (Å²) in [7, 11) is 0.